The SMILES string of the molecule is Cc1ccc2c(c1)c1ccccc1c1ccccc1c1cc(C)cc3c4cc(C)ccc4n2c13. The van der Waals surface area contributed by atoms with Crippen LogP contribution in [0.25, 0.3) is 59.6 Å². The van der Waals surface area contributed by atoms with E-state index in [1.807, 2.05) is 0 Å². The third-order valence-corrected chi connectivity index (χ3v) is 7.28. The Morgan fingerprint density at radius 1 is 0.382 bits per heavy atom. The number of hydrogen-bond acceptors (Lipinski definition) is 0. The number of fused-ring (bicyclic) bond motifs is 10. The first-order valence-corrected chi connectivity index (χ1v) is 12.0. The predicted octanol–water partition coefficient (Wildman–Crippen LogP) is 9.19. The molecule has 5 aromatic carbocycles. The number of hydrogen-bond donors (Lipinski definition) is 0. The fraction of sp³-hybridized carbons (Fsp3) is 0.0909. The van der Waals surface area contributed by atoms with E-state index >= 15 is 0 Å². The van der Waals surface area contributed by atoms with Crippen LogP contribution in [0, 0.1) is 20.8 Å². The quantitative estimate of drug-likeness (QED) is 0.224. The third kappa shape index (κ3) is 2.61. The van der Waals surface area contributed by atoms with Crippen LogP contribution in [0.2, 0.25) is 0 Å². The maximum Gasteiger partial charge on any atom is 0.0620 e. The zero-order chi connectivity index (χ0) is 23.0. The monoisotopic (exact) mass is 435 g/mol. The zero-order valence-electron chi connectivity index (χ0n) is 19.7. The molecular formula is C33H25N. The van der Waals surface area contributed by atoms with Crippen LogP contribution in [0.5, 0.6) is 0 Å². The topological polar surface area (TPSA) is 4.41 Å². The highest BCUT2D eigenvalue weighted by molar-refractivity contribution is 6.25. The smallest absolute Gasteiger partial charge is 0.0620 e. The Morgan fingerprint density at radius 2 is 0.765 bits per heavy atom. The van der Waals surface area contributed by atoms with E-state index in [0.29, 0.717) is 0 Å². The van der Waals surface area contributed by atoms with Crippen molar-refractivity contribution in [3.05, 3.63) is 114 Å². The van der Waals surface area contributed by atoms with Gasteiger partial charge in [-0.05, 0) is 84.3 Å². The molecule has 0 aliphatic heterocycles. The lowest BCUT2D eigenvalue weighted by molar-refractivity contribution is 1.34. The maximum atomic E-state index is 2.51. The molecule has 0 fully saturated rings. The van der Waals surface area contributed by atoms with Crippen molar-refractivity contribution in [2.24, 2.45) is 0 Å². The van der Waals surface area contributed by atoms with Crippen LogP contribution < -0.4 is 0 Å². The van der Waals surface area contributed by atoms with Gasteiger partial charge in [-0.3, -0.25) is 0 Å². The summed E-state index contributed by atoms with van der Waals surface area (Å²) in [5.74, 6) is 0. The van der Waals surface area contributed by atoms with Crippen molar-refractivity contribution in [1.82, 2.24) is 4.40 Å². The number of benzene rings is 5. The molecule has 0 aliphatic carbocycles. The summed E-state index contributed by atoms with van der Waals surface area (Å²) in [5, 5.41) is 10.3. The summed E-state index contributed by atoms with van der Waals surface area (Å²) in [7, 11) is 0. The first kappa shape index (κ1) is 19.4. The highest BCUT2D eigenvalue weighted by atomic mass is 14.9. The molecule has 0 aliphatic rings. The highest BCUT2D eigenvalue weighted by Crippen LogP contribution is 2.39. The normalized spacial score (nSPS) is 12.0. The highest BCUT2D eigenvalue weighted by Gasteiger charge is 2.15. The van der Waals surface area contributed by atoms with Gasteiger partial charge in [0.25, 0.3) is 0 Å². The van der Waals surface area contributed by atoms with Gasteiger partial charge in [-0.1, -0.05) is 71.8 Å². The lowest BCUT2D eigenvalue weighted by atomic mass is 9.99. The van der Waals surface area contributed by atoms with Gasteiger partial charge in [-0.2, -0.15) is 0 Å². The van der Waals surface area contributed by atoms with Crippen LogP contribution in [0.4, 0.5) is 0 Å². The number of aromatic nitrogens is 1. The molecule has 0 bridgehead atoms. The van der Waals surface area contributed by atoms with E-state index < -0.39 is 0 Å². The lowest BCUT2D eigenvalue weighted by Crippen LogP contribution is -1.88. The molecule has 2 aromatic heterocycles. The van der Waals surface area contributed by atoms with Crippen LogP contribution in [0.1, 0.15) is 16.7 Å². The molecule has 0 spiro atoms. The van der Waals surface area contributed by atoms with Gasteiger partial charge in [0.15, 0.2) is 0 Å². The van der Waals surface area contributed by atoms with Gasteiger partial charge in [-0.15, -0.1) is 0 Å². The molecule has 1 nitrogen and oxygen atoms in total. The minimum Gasteiger partial charge on any atom is -0.308 e. The summed E-state index contributed by atoms with van der Waals surface area (Å²) < 4.78 is 2.51. The van der Waals surface area contributed by atoms with E-state index in [-0.39, 0.29) is 0 Å². The van der Waals surface area contributed by atoms with Gasteiger partial charge in [0.1, 0.15) is 0 Å². The summed E-state index contributed by atoms with van der Waals surface area (Å²) in [6.45, 7) is 6.59. The Labute approximate surface area is 198 Å². The molecule has 0 amide bonds. The molecule has 0 N–H and O–H groups in total. The second-order valence-electron chi connectivity index (χ2n) is 9.68. The molecule has 0 unspecified atom stereocenters. The number of rotatable bonds is 0. The molecule has 34 heavy (non-hydrogen) atoms. The standard InChI is InChI=1S/C33H25N/c1-20-12-14-31-27(16-20)25-10-6-4-8-23(25)24-9-5-7-11-26(24)29-18-22(3)19-30-28-17-21(2)13-15-32(28)34(31)33(29)30/h4-19H,1-3H3. The second-order valence-corrected chi connectivity index (χ2v) is 9.68. The Kier molecular flexibility index (Phi) is 3.96. The largest absolute Gasteiger partial charge is 0.308 e. The fourth-order valence-electron chi connectivity index (χ4n) is 5.83. The van der Waals surface area contributed by atoms with Crippen LogP contribution in [-0.2, 0) is 0 Å². The van der Waals surface area contributed by atoms with E-state index in [1.54, 1.807) is 0 Å². The Balaban J connectivity index is 2.02. The zero-order valence-corrected chi connectivity index (χ0v) is 19.7. The van der Waals surface area contributed by atoms with E-state index in [9.17, 15) is 0 Å². The maximum absolute atomic E-state index is 2.51. The first-order chi connectivity index (χ1) is 16.6. The molecule has 0 atom stereocenters. The van der Waals surface area contributed by atoms with Crippen molar-refractivity contribution in [2.75, 3.05) is 0 Å². The molecule has 0 radical (unpaired) electrons. The van der Waals surface area contributed by atoms with E-state index in [1.165, 1.54) is 76.3 Å². The number of aryl methyl sites for hydroxylation is 3. The average molecular weight is 436 g/mol. The van der Waals surface area contributed by atoms with Crippen molar-refractivity contribution in [1.29, 1.82) is 0 Å². The molecule has 7 aromatic rings. The van der Waals surface area contributed by atoms with Gasteiger partial charge in [0.2, 0.25) is 0 Å². The summed E-state index contributed by atoms with van der Waals surface area (Å²) in [4.78, 5) is 0. The van der Waals surface area contributed by atoms with Crippen molar-refractivity contribution in [3.8, 4) is 0 Å². The van der Waals surface area contributed by atoms with Crippen LogP contribution in [0.15, 0.2) is 97.1 Å². The predicted molar refractivity (Wildman–Crippen MR) is 148 cm³/mol. The lowest BCUT2D eigenvalue weighted by Gasteiger charge is -2.06. The van der Waals surface area contributed by atoms with Crippen molar-refractivity contribution < 1.29 is 0 Å². The molecule has 0 saturated carbocycles. The molecule has 0 saturated heterocycles. The Bertz CT molecular complexity index is 1990. The van der Waals surface area contributed by atoms with Gasteiger partial charge >= 0.3 is 0 Å². The molecular weight excluding hydrogens is 410 g/mol. The van der Waals surface area contributed by atoms with Gasteiger partial charge in [0, 0.05) is 21.5 Å². The fourth-order valence-corrected chi connectivity index (χ4v) is 5.83. The molecule has 162 valence electrons. The third-order valence-electron chi connectivity index (χ3n) is 7.28. The van der Waals surface area contributed by atoms with Gasteiger partial charge in [0.05, 0.1) is 16.6 Å². The van der Waals surface area contributed by atoms with Crippen molar-refractivity contribution >= 4 is 59.6 Å². The Hall–Kier alpha value is -4.10. The van der Waals surface area contributed by atoms with E-state index in [2.05, 4.69) is 122 Å². The summed E-state index contributed by atoms with van der Waals surface area (Å²) >= 11 is 0. The first-order valence-electron chi connectivity index (χ1n) is 12.0. The minimum absolute atomic E-state index is 1.24. The summed E-state index contributed by atoms with van der Waals surface area (Å²) in [6, 6.07) is 36.3. The van der Waals surface area contributed by atoms with Gasteiger partial charge < -0.3 is 4.40 Å². The molecule has 7 rings (SSSR count). The number of nitrogens with zero attached hydrogens (tertiary/aromatic N) is 1. The molecule has 2 heterocycles. The molecule has 1 heteroatoms. The van der Waals surface area contributed by atoms with E-state index in [0.717, 1.165) is 0 Å². The second kappa shape index (κ2) is 6.95. The van der Waals surface area contributed by atoms with Gasteiger partial charge in [-0.25, -0.2) is 0 Å². The minimum atomic E-state index is 1.24. The van der Waals surface area contributed by atoms with Crippen molar-refractivity contribution in [2.45, 2.75) is 20.8 Å². The summed E-state index contributed by atoms with van der Waals surface area (Å²) in [6.07, 6.45) is 0. The van der Waals surface area contributed by atoms with Crippen molar-refractivity contribution in [3.63, 3.8) is 0 Å². The summed E-state index contributed by atoms with van der Waals surface area (Å²) in [5.41, 5.74) is 7.63. The van der Waals surface area contributed by atoms with Crippen LogP contribution in [0.3, 0.4) is 0 Å². The Morgan fingerprint density at radius 3 is 1.29 bits per heavy atom. The van der Waals surface area contributed by atoms with E-state index in [4.69, 9.17) is 0 Å². The average Bonchev–Trinajstić information content (AvgIpc) is 3.17. The van der Waals surface area contributed by atoms with Crippen LogP contribution >= 0.6 is 0 Å². The van der Waals surface area contributed by atoms with Crippen LogP contribution in [-0.4, -0.2) is 4.40 Å².